The summed E-state index contributed by atoms with van der Waals surface area (Å²) < 4.78 is 16.9. The van der Waals surface area contributed by atoms with Gasteiger partial charge in [-0.25, -0.2) is 14.4 Å². The van der Waals surface area contributed by atoms with Gasteiger partial charge >= 0.3 is 17.9 Å². The minimum absolute atomic E-state index is 0.179. The largest absolute Gasteiger partial charge is 0.443 e. The fraction of sp³-hybridized carbons (Fsp3) is 0.684. The molecule has 0 aliphatic rings. The Morgan fingerprint density at radius 3 is 2.03 bits per heavy atom. The number of hydrogen-bond acceptors (Lipinski definition) is 8. The molecule has 10 nitrogen and oxygen atoms in total. The molecule has 0 fully saturated rings. The van der Waals surface area contributed by atoms with E-state index in [4.69, 9.17) is 19.3 Å². The predicted molar refractivity (Wildman–Crippen MR) is 106 cm³/mol. The summed E-state index contributed by atoms with van der Waals surface area (Å²) in [7, 11) is 1.46. The molecule has 1 rings (SSSR count). The highest BCUT2D eigenvalue weighted by molar-refractivity contribution is 6.08. The molecule has 1 N–H and O–H groups in total. The maximum absolute atomic E-state index is 12.6. The van der Waals surface area contributed by atoms with Crippen molar-refractivity contribution in [2.75, 3.05) is 18.6 Å². The summed E-state index contributed by atoms with van der Waals surface area (Å²) >= 11 is 0. The third kappa shape index (κ3) is 8.20. The highest BCUT2D eigenvalue weighted by Crippen LogP contribution is 2.19. The monoisotopic (exact) mass is 413 g/mol. The van der Waals surface area contributed by atoms with Crippen LogP contribution < -0.4 is 10.6 Å². The Labute approximate surface area is 170 Å². The lowest BCUT2D eigenvalue weighted by molar-refractivity contribution is 0.0401. The number of carbonyl (C=O) groups excluding carboxylic acids is 2. The molecule has 0 saturated carbocycles. The van der Waals surface area contributed by atoms with Crippen molar-refractivity contribution in [2.24, 2.45) is 0 Å². The second kappa shape index (κ2) is 9.84. The van der Waals surface area contributed by atoms with Crippen LogP contribution in [0, 0.1) is 0 Å². The molecule has 1 aromatic rings. The Morgan fingerprint density at radius 1 is 1.14 bits per heavy atom. The normalized spacial score (nSPS) is 13.0. The Balaban J connectivity index is 3.18. The number of aliphatic hydroxyl groups excluding tert-OH is 1. The van der Waals surface area contributed by atoms with E-state index in [1.165, 1.54) is 23.9 Å². The third-order valence-corrected chi connectivity index (χ3v) is 3.47. The number of anilines is 1. The molecule has 164 valence electrons. The van der Waals surface area contributed by atoms with Crippen LogP contribution in [0.4, 0.5) is 15.4 Å². The molecule has 1 heterocycles. The van der Waals surface area contributed by atoms with E-state index in [2.05, 4.69) is 4.98 Å². The number of rotatable bonds is 6. The fourth-order valence-corrected chi connectivity index (χ4v) is 2.16. The molecule has 1 aromatic heterocycles. The van der Waals surface area contributed by atoms with Gasteiger partial charge in [-0.05, 0) is 54.0 Å². The van der Waals surface area contributed by atoms with Crippen molar-refractivity contribution in [2.45, 2.75) is 71.8 Å². The average Bonchev–Trinajstić information content (AvgIpc) is 2.54. The highest BCUT2D eigenvalue weighted by Gasteiger charge is 2.33. The van der Waals surface area contributed by atoms with Gasteiger partial charge in [0.15, 0.2) is 5.82 Å². The quantitative estimate of drug-likeness (QED) is 0.754. The summed E-state index contributed by atoms with van der Waals surface area (Å²) in [6.07, 6.45) is -0.638. The number of ether oxygens (including phenoxy) is 3. The molecular formula is C19H31N3O7. The summed E-state index contributed by atoms with van der Waals surface area (Å²) in [6.45, 7) is 9.96. The van der Waals surface area contributed by atoms with Gasteiger partial charge in [-0.2, -0.15) is 9.88 Å². The highest BCUT2D eigenvalue weighted by atomic mass is 16.6. The Morgan fingerprint density at radius 2 is 1.66 bits per heavy atom. The van der Waals surface area contributed by atoms with Gasteiger partial charge in [0.05, 0.1) is 12.7 Å². The van der Waals surface area contributed by atoms with Crippen LogP contribution in [0.25, 0.3) is 0 Å². The molecule has 0 saturated heterocycles. The van der Waals surface area contributed by atoms with Gasteiger partial charge in [0, 0.05) is 19.9 Å². The van der Waals surface area contributed by atoms with E-state index in [0.29, 0.717) is 11.3 Å². The fourth-order valence-electron chi connectivity index (χ4n) is 2.16. The van der Waals surface area contributed by atoms with Crippen molar-refractivity contribution in [1.29, 1.82) is 0 Å². The summed E-state index contributed by atoms with van der Waals surface area (Å²) in [4.78, 5) is 42.0. The van der Waals surface area contributed by atoms with Crippen LogP contribution >= 0.6 is 0 Å². The lowest BCUT2D eigenvalue weighted by atomic mass is 10.2. The molecule has 1 unspecified atom stereocenters. The summed E-state index contributed by atoms with van der Waals surface area (Å²) in [5.41, 5.74) is -2.41. The van der Waals surface area contributed by atoms with Gasteiger partial charge in [-0.15, -0.1) is 0 Å². The molecule has 1 atom stereocenters. The van der Waals surface area contributed by atoms with Crippen LogP contribution in [0.2, 0.25) is 0 Å². The van der Waals surface area contributed by atoms with E-state index in [9.17, 15) is 14.4 Å². The number of imide groups is 1. The van der Waals surface area contributed by atoms with E-state index in [0.717, 1.165) is 0 Å². The maximum atomic E-state index is 12.6. The molecule has 0 aliphatic carbocycles. The van der Waals surface area contributed by atoms with Gasteiger partial charge < -0.3 is 19.3 Å². The van der Waals surface area contributed by atoms with E-state index < -0.39 is 35.2 Å². The number of nitrogens with zero attached hydrogens (tertiary/aromatic N) is 3. The first-order valence-electron chi connectivity index (χ1n) is 9.24. The van der Waals surface area contributed by atoms with Gasteiger partial charge in [0.1, 0.15) is 11.2 Å². The first-order chi connectivity index (χ1) is 13.3. The Bertz CT molecular complexity index is 730. The van der Waals surface area contributed by atoms with Crippen molar-refractivity contribution >= 4 is 18.0 Å². The van der Waals surface area contributed by atoms with Crippen molar-refractivity contribution < 1.29 is 28.9 Å². The van der Waals surface area contributed by atoms with Gasteiger partial charge in [-0.3, -0.25) is 4.57 Å². The SMILES string of the molecule is COC(CO)CCn1ccc(N(C(=O)OC(C)(C)C)C(=O)OC(C)(C)C)nc1=O. The van der Waals surface area contributed by atoms with Crippen LogP contribution in [0.3, 0.4) is 0 Å². The molecule has 0 aliphatic heterocycles. The molecule has 0 aromatic carbocycles. The maximum Gasteiger partial charge on any atom is 0.425 e. The smallest absolute Gasteiger partial charge is 0.425 e. The van der Waals surface area contributed by atoms with Gasteiger partial charge in [-0.1, -0.05) is 0 Å². The van der Waals surface area contributed by atoms with Crippen molar-refractivity contribution in [3.05, 3.63) is 22.7 Å². The van der Waals surface area contributed by atoms with E-state index >= 15 is 0 Å². The van der Waals surface area contributed by atoms with Gasteiger partial charge in [0.25, 0.3) is 0 Å². The molecule has 2 amide bonds. The Hall–Kier alpha value is -2.46. The van der Waals surface area contributed by atoms with E-state index in [1.54, 1.807) is 41.5 Å². The number of aromatic nitrogens is 2. The molecule has 29 heavy (non-hydrogen) atoms. The van der Waals surface area contributed by atoms with Crippen LogP contribution in [-0.4, -0.2) is 57.9 Å². The lowest BCUT2D eigenvalue weighted by Crippen LogP contribution is -2.45. The number of hydrogen-bond donors (Lipinski definition) is 1. The molecule has 10 heteroatoms. The summed E-state index contributed by atoms with van der Waals surface area (Å²) in [5.74, 6) is -0.208. The minimum atomic E-state index is -1.00. The van der Waals surface area contributed by atoms with Crippen molar-refractivity contribution in [3.8, 4) is 0 Å². The molecule has 0 bridgehead atoms. The minimum Gasteiger partial charge on any atom is -0.443 e. The molecular weight excluding hydrogens is 382 g/mol. The zero-order valence-electron chi connectivity index (χ0n) is 18.1. The molecule has 0 spiro atoms. The van der Waals surface area contributed by atoms with E-state index in [-0.39, 0.29) is 19.0 Å². The zero-order chi connectivity index (χ0) is 22.4. The van der Waals surface area contributed by atoms with Crippen molar-refractivity contribution in [1.82, 2.24) is 9.55 Å². The number of aryl methyl sites for hydroxylation is 1. The number of amides is 2. The second-order valence-electron chi connectivity index (χ2n) is 8.39. The van der Waals surface area contributed by atoms with E-state index in [1.807, 2.05) is 0 Å². The summed E-state index contributed by atoms with van der Waals surface area (Å²) in [5, 5.41) is 9.16. The van der Waals surface area contributed by atoms with Crippen LogP contribution in [0.5, 0.6) is 0 Å². The number of carbonyl (C=O) groups is 2. The average molecular weight is 413 g/mol. The number of methoxy groups -OCH3 is 1. The van der Waals surface area contributed by atoms with Crippen LogP contribution in [-0.2, 0) is 20.8 Å². The first kappa shape index (κ1) is 24.6. The first-order valence-corrected chi connectivity index (χ1v) is 9.24. The summed E-state index contributed by atoms with van der Waals surface area (Å²) in [6, 6.07) is 1.34. The van der Waals surface area contributed by atoms with Crippen molar-refractivity contribution in [3.63, 3.8) is 0 Å². The zero-order valence-corrected chi connectivity index (χ0v) is 18.1. The standard InChI is InChI=1S/C19H31N3O7/c1-18(2,3)28-16(25)22(17(26)29-19(4,5)6)14-9-11-21(15(24)20-14)10-8-13(12-23)27-7/h9,11,13,23H,8,10,12H2,1-7H3. The number of aliphatic hydroxyl groups is 1. The van der Waals surface area contributed by atoms with Crippen LogP contribution in [0.1, 0.15) is 48.0 Å². The third-order valence-electron chi connectivity index (χ3n) is 3.47. The van der Waals surface area contributed by atoms with Crippen LogP contribution in [0.15, 0.2) is 17.1 Å². The second-order valence-corrected chi connectivity index (χ2v) is 8.39. The van der Waals surface area contributed by atoms with Gasteiger partial charge in [0.2, 0.25) is 0 Å². The molecule has 0 radical (unpaired) electrons. The topological polar surface area (TPSA) is 120 Å². The lowest BCUT2D eigenvalue weighted by Gasteiger charge is -2.28. The Kier molecular flexibility index (Phi) is 8.34. The predicted octanol–water partition coefficient (Wildman–Crippen LogP) is 2.32.